The summed E-state index contributed by atoms with van der Waals surface area (Å²) in [7, 11) is 3.55. The summed E-state index contributed by atoms with van der Waals surface area (Å²) in [4.78, 5) is 18.2. The first-order valence-corrected chi connectivity index (χ1v) is 8.43. The van der Waals surface area contributed by atoms with Gasteiger partial charge in [0.2, 0.25) is 0 Å². The summed E-state index contributed by atoms with van der Waals surface area (Å²) in [6.45, 7) is 4.66. The van der Waals surface area contributed by atoms with Crippen LogP contribution in [0.3, 0.4) is 0 Å². The monoisotopic (exact) mass is 444 g/mol. The molecule has 1 aromatic carbocycles. The van der Waals surface area contributed by atoms with Gasteiger partial charge in [-0.2, -0.15) is 0 Å². The highest BCUT2D eigenvalue weighted by molar-refractivity contribution is 14.0. The summed E-state index contributed by atoms with van der Waals surface area (Å²) < 4.78 is 0. The Morgan fingerprint density at radius 3 is 2.67 bits per heavy atom. The predicted octanol–water partition coefficient (Wildman–Crippen LogP) is 2.51. The van der Waals surface area contributed by atoms with Crippen LogP contribution < -0.4 is 10.6 Å². The van der Waals surface area contributed by atoms with Gasteiger partial charge in [0.05, 0.1) is 0 Å². The first kappa shape index (κ1) is 20.7. The third kappa shape index (κ3) is 7.07. The number of benzene rings is 1. The molecule has 5 nitrogen and oxygen atoms in total. The van der Waals surface area contributed by atoms with Crippen molar-refractivity contribution in [3.8, 4) is 0 Å². The van der Waals surface area contributed by atoms with Crippen molar-refractivity contribution in [1.82, 2.24) is 15.5 Å². The molecule has 0 aromatic heterocycles. The van der Waals surface area contributed by atoms with E-state index in [1.807, 2.05) is 18.2 Å². The van der Waals surface area contributed by atoms with Gasteiger partial charge in [0.25, 0.3) is 5.91 Å². The summed E-state index contributed by atoms with van der Waals surface area (Å²) in [5.74, 6) is 1.72. The SMILES string of the molecule is CCNC(=NCC1CC1)NCCc1cccc(C(=O)N(C)C)c1.I. The van der Waals surface area contributed by atoms with E-state index >= 15 is 0 Å². The van der Waals surface area contributed by atoms with Crippen LogP contribution in [0.15, 0.2) is 29.3 Å². The second-order valence-electron chi connectivity index (χ2n) is 6.24. The smallest absolute Gasteiger partial charge is 0.253 e. The van der Waals surface area contributed by atoms with E-state index in [0.717, 1.165) is 49.1 Å². The minimum Gasteiger partial charge on any atom is -0.357 e. The molecule has 1 amide bonds. The van der Waals surface area contributed by atoms with Crippen LogP contribution >= 0.6 is 24.0 Å². The van der Waals surface area contributed by atoms with E-state index in [9.17, 15) is 4.79 Å². The van der Waals surface area contributed by atoms with Crippen molar-refractivity contribution >= 4 is 35.8 Å². The molecule has 24 heavy (non-hydrogen) atoms. The Bertz CT molecular complexity index is 556. The Morgan fingerprint density at radius 1 is 1.29 bits per heavy atom. The van der Waals surface area contributed by atoms with E-state index in [1.54, 1.807) is 19.0 Å². The molecule has 0 atom stereocenters. The predicted molar refractivity (Wildman–Crippen MR) is 110 cm³/mol. The quantitative estimate of drug-likeness (QED) is 0.386. The first-order valence-electron chi connectivity index (χ1n) is 8.43. The van der Waals surface area contributed by atoms with Gasteiger partial charge in [-0.1, -0.05) is 12.1 Å². The number of halogens is 1. The number of hydrogen-bond donors (Lipinski definition) is 2. The van der Waals surface area contributed by atoms with E-state index in [1.165, 1.54) is 12.8 Å². The molecule has 1 saturated carbocycles. The zero-order chi connectivity index (χ0) is 16.7. The van der Waals surface area contributed by atoms with Crippen molar-refractivity contribution in [2.75, 3.05) is 33.7 Å². The van der Waals surface area contributed by atoms with Crippen molar-refractivity contribution in [2.45, 2.75) is 26.2 Å². The van der Waals surface area contributed by atoms with Crippen LogP contribution in [0.5, 0.6) is 0 Å². The molecule has 1 fully saturated rings. The van der Waals surface area contributed by atoms with Crippen molar-refractivity contribution in [2.24, 2.45) is 10.9 Å². The number of aliphatic imine (C=N–C) groups is 1. The number of carbonyl (C=O) groups excluding carboxylic acids is 1. The molecule has 6 heteroatoms. The van der Waals surface area contributed by atoms with E-state index in [4.69, 9.17) is 0 Å². The van der Waals surface area contributed by atoms with E-state index < -0.39 is 0 Å². The van der Waals surface area contributed by atoms with E-state index in [-0.39, 0.29) is 29.9 Å². The summed E-state index contributed by atoms with van der Waals surface area (Å²) >= 11 is 0. The lowest BCUT2D eigenvalue weighted by molar-refractivity contribution is 0.0827. The van der Waals surface area contributed by atoms with Crippen LogP contribution in [0, 0.1) is 5.92 Å². The molecule has 0 heterocycles. The number of amides is 1. The van der Waals surface area contributed by atoms with Crippen LogP contribution in [-0.2, 0) is 6.42 Å². The van der Waals surface area contributed by atoms with E-state index in [0.29, 0.717) is 0 Å². The maximum Gasteiger partial charge on any atom is 0.253 e. The standard InChI is InChI=1S/C18H28N4O.HI/c1-4-19-18(21-13-15-8-9-15)20-11-10-14-6-5-7-16(12-14)17(23)22(2)3;/h5-7,12,15H,4,8-11,13H2,1-3H3,(H2,19,20,21);1H. The van der Waals surface area contributed by atoms with E-state index in [2.05, 4.69) is 28.6 Å². The number of carbonyl (C=O) groups is 1. The van der Waals surface area contributed by atoms with Crippen LogP contribution in [0.4, 0.5) is 0 Å². The fraction of sp³-hybridized carbons (Fsp3) is 0.556. The number of rotatable bonds is 7. The van der Waals surface area contributed by atoms with Gasteiger partial charge in [0.15, 0.2) is 5.96 Å². The number of nitrogens with one attached hydrogen (secondary N) is 2. The molecule has 0 unspecified atom stereocenters. The Labute approximate surface area is 162 Å². The Kier molecular flexibility index (Phi) is 9.10. The zero-order valence-corrected chi connectivity index (χ0v) is 17.2. The molecule has 2 rings (SSSR count). The van der Waals surface area contributed by atoms with Crippen LogP contribution in [0.2, 0.25) is 0 Å². The number of nitrogens with zero attached hydrogens (tertiary/aromatic N) is 2. The Hall–Kier alpha value is -1.31. The molecule has 1 aliphatic carbocycles. The van der Waals surface area contributed by atoms with Crippen LogP contribution in [0.1, 0.15) is 35.7 Å². The molecule has 0 saturated heterocycles. The second-order valence-corrected chi connectivity index (χ2v) is 6.24. The molecule has 1 aromatic rings. The van der Waals surface area contributed by atoms with Gasteiger partial charge < -0.3 is 15.5 Å². The normalized spacial score (nSPS) is 13.9. The minimum atomic E-state index is 0. The second kappa shape index (κ2) is 10.5. The van der Waals surface area contributed by atoms with Gasteiger partial charge in [0.1, 0.15) is 0 Å². The highest BCUT2D eigenvalue weighted by Gasteiger charge is 2.20. The third-order valence-corrected chi connectivity index (χ3v) is 3.83. The van der Waals surface area contributed by atoms with Crippen molar-refractivity contribution in [3.05, 3.63) is 35.4 Å². The molecule has 0 aliphatic heterocycles. The molecule has 0 bridgehead atoms. The summed E-state index contributed by atoms with van der Waals surface area (Å²) in [5.41, 5.74) is 1.89. The first-order chi connectivity index (χ1) is 11.1. The van der Waals surface area contributed by atoms with Crippen molar-refractivity contribution in [3.63, 3.8) is 0 Å². The fourth-order valence-corrected chi connectivity index (χ4v) is 2.31. The Balaban J connectivity index is 0.00000288. The average Bonchev–Trinajstić information content (AvgIpc) is 3.36. The highest BCUT2D eigenvalue weighted by atomic mass is 127. The lowest BCUT2D eigenvalue weighted by Crippen LogP contribution is -2.38. The summed E-state index contributed by atoms with van der Waals surface area (Å²) in [6.07, 6.45) is 3.49. The Morgan fingerprint density at radius 2 is 2.04 bits per heavy atom. The maximum absolute atomic E-state index is 12.0. The largest absolute Gasteiger partial charge is 0.357 e. The lowest BCUT2D eigenvalue weighted by Gasteiger charge is -2.13. The molecule has 0 radical (unpaired) electrons. The van der Waals surface area contributed by atoms with Gasteiger partial charge in [-0.25, -0.2) is 0 Å². The topological polar surface area (TPSA) is 56.7 Å². The van der Waals surface area contributed by atoms with Gasteiger partial charge in [-0.3, -0.25) is 9.79 Å². The lowest BCUT2D eigenvalue weighted by atomic mass is 10.1. The minimum absolute atomic E-state index is 0. The third-order valence-electron chi connectivity index (χ3n) is 3.83. The molecular formula is C18H29IN4O. The van der Waals surface area contributed by atoms with Gasteiger partial charge in [0, 0.05) is 39.3 Å². The van der Waals surface area contributed by atoms with Crippen LogP contribution in [0.25, 0.3) is 0 Å². The highest BCUT2D eigenvalue weighted by Crippen LogP contribution is 2.28. The van der Waals surface area contributed by atoms with Gasteiger partial charge >= 0.3 is 0 Å². The average molecular weight is 444 g/mol. The fourth-order valence-electron chi connectivity index (χ4n) is 2.31. The zero-order valence-electron chi connectivity index (χ0n) is 14.8. The number of hydrogen-bond acceptors (Lipinski definition) is 2. The maximum atomic E-state index is 12.0. The number of guanidine groups is 1. The van der Waals surface area contributed by atoms with Gasteiger partial charge in [-0.15, -0.1) is 24.0 Å². The summed E-state index contributed by atoms with van der Waals surface area (Å²) in [6, 6.07) is 7.83. The van der Waals surface area contributed by atoms with Crippen molar-refractivity contribution in [1.29, 1.82) is 0 Å². The molecular weight excluding hydrogens is 415 g/mol. The molecule has 134 valence electrons. The molecule has 0 spiro atoms. The molecule has 2 N–H and O–H groups in total. The summed E-state index contributed by atoms with van der Waals surface area (Å²) in [5, 5.41) is 6.64. The molecule has 1 aliphatic rings. The van der Waals surface area contributed by atoms with Crippen molar-refractivity contribution < 1.29 is 4.79 Å². The van der Waals surface area contributed by atoms with Gasteiger partial charge in [-0.05, 0) is 49.8 Å². The van der Waals surface area contributed by atoms with Crippen LogP contribution in [-0.4, -0.2) is 50.5 Å².